The molecule has 1 aromatic carbocycles. The summed E-state index contributed by atoms with van der Waals surface area (Å²) in [5, 5.41) is 12.1. The third-order valence-electron chi connectivity index (χ3n) is 3.12. The second kappa shape index (κ2) is 7.51. The number of nitrogens with two attached hydrogens (primary N) is 1. The van der Waals surface area contributed by atoms with Gasteiger partial charge in [-0.05, 0) is 37.6 Å². The fourth-order valence-electron chi connectivity index (χ4n) is 1.72. The van der Waals surface area contributed by atoms with Crippen molar-refractivity contribution >= 4 is 29.3 Å². The number of thioether (sulfide) groups is 1. The Morgan fingerprint density at radius 1 is 1.41 bits per heavy atom. The van der Waals surface area contributed by atoms with E-state index in [1.54, 1.807) is 12.1 Å². The first-order valence-electron chi connectivity index (χ1n) is 6.89. The summed E-state index contributed by atoms with van der Waals surface area (Å²) < 4.78 is 1.38. The van der Waals surface area contributed by atoms with Gasteiger partial charge in [0.15, 0.2) is 5.82 Å². The van der Waals surface area contributed by atoms with Gasteiger partial charge in [0.05, 0.1) is 5.75 Å². The quantitative estimate of drug-likeness (QED) is 0.623. The minimum Gasteiger partial charge on any atom is -0.353 e. The molecule has 0 bridgehead atoms. The van der Waals surface area contributed by atoms with Gasteiger partial charge in [-0.25, -0.2) is 4.68 Å². The lowest BCUT2D eigenvalue weighted by Gasteiger charge is -2.10. The molecule has 3 N–H and O–H groups in total. The molecule has 1 amide bonds. The Balaban J connectivity index is 2.02. The Hall–Kier alpha value is -1.73. The molecule has 0 unspecified atom stereocenters. The molecular formula is C14H18ClN5OS. The number of hydrogen-bond acceptors (Lipinski definition) is 5. The van der Waals surface area contributed by atoms with Gasteiger partial charge in [0, 0.05) is 16.6 Å². The van der Waals surface area contributed by atoms with Crippen LogP contribution in [0.5, 0.6) is 0 Å². The molecule has 0 aliphatic heterocycles. The summed E-state index contributed by atoms with van der Waals surface area (Å²) in [5.41, 5.74) is 0.815. The van der Waals surface area contributed by atoms with Crippen LogP contribution in [0.1, 0.15) is 20.3 Å². The predicted molar refractivity (Wildman–Crippen MR) is 89.2 cm³/mol. The molecule has 2 rings (SSSR count). The van der Waals surface area contributed by atoms with E-state index < -0.39 is 0 Å². The largest absolute Gasteiger partial charge is 0.353 e. The van der Waals surface area contributed by atoms with Crippen LogP contribution in [-0.2, 0) is 4.79 Å². The fraction of sp³-hybridized carbons (Fsp3) is 0.357. The number of aromatic nitrogens is 3. The summed E-state index contributed by atoms with van der Waals surface area (Å²) in [6.45, 7) is 3.99. The number of halogens is 1. The normalized spacial score (nSPS) is 12.1. The van der Waals surface area contributed by atoms with E-state index in [0.717, 1.165) is 12.0 Å². The van der Waals surface area contributed by atoms with Crippen LogP contribution in [0.3, 0.4) is 0 Å². The van der Waals surface area contributed by atoms with E-state index in [1.807, 2.05) is 26.0 Å². The number of benzene rings is 1. The molecule has 6 nitrogen and oxygen atoms in total. The van der Waals surface area contributed by atoms with Crippen LogP contribution in [0, 0.1) is 0 Å². The highest BCUT2D eigenvalue weighted by Crippen LogP contribution is 2.22. The van der Waals surface area contributed by atoms with E-state index >= 15 is 0 Å². The van der Waals surface area contributed by atoms with Crippen LogP contribution >= 0.6 is 23.4 Å². The highest BCUT2D eigenvalue weighted by Gasteiger charge is 2.14. The molecule has 1 atom stereocenters. The second-order valence-electron chi connectivity index (χ2n) is 4.85. The molecule has 1 heterocycles. The van der Waals surface area contributed by atoms with Gasteiger partial charge in [-0.15, -0.1) is 10.2 Å². The number of nitrogens with one attached hydrogen (secondary N) is 1. The van der Waals surface area contributed by atoms with Crippen molar-refractivity contribution in [2.45, 2.75) is 31.5 Å². The molecule has 0 saturated carbocycles. The van der Waals surface area contributed by atoms with Gasteiger partial charge in [0.2, 0.25) is 11.1 Å². The smallest absolute Gasteiger partial charge is 0.230 e. The average molecular weight is 340 g/mol. The van der Waals surface area contributed by atoms with E-state index in [0.29, 0.717) is 16.0 Å². The summed E-state index contributed by atoms with van der Waals surface area (Å²) in [6.07, 6.45) is 0.893. The highest BCUT2D eigenvalue weighted by molar-refractivity contribution is 7.99. The summed E-state index contributed by atoms with van der Waals surface area (Å²) >= 11 is 7.11. The third-order valence-corrected chi connectivity index (χ3v) is 4.31. The van der Waals surface area contributed by atoms with Crippen molar-refractivity contribution in [2.24, 2.45) is 0 Å². The standard InChI is InChI=1S/C14H18ClN5OS/c1-3-9(2)17-12(21)8-22-14-19-18-13(20(14)16)10-4-6-11(15)7-5-10/h4-7,9H,3,8,16H2,1-2H3,(H,17,21)/t9-/m1/s1. The molecule has 118 valence electrons. The Bertz CT molecular complexity index is 643. The molecule has 1 aromatic heterocycles. The maximum atomic E-state index is 11.8. The van der Waals surface area contributed by atoms with E-state index in [2.05, 4.69) is 15.5 Å². The lowest BCUT2D eigenvalue weighted by Crippen LogP contribution is -2.33. The van der Waals surface area contributed by atoms with Crippen molar-refractivity contribution < 1.29 is 4.79 Å². The Kier molecular flexibility index (Phi) is 5.68. The Morgan fingerprint density at radius 3 is 2.73 bits per heavy atom. The lowest BCUT2D eigenvalue weighted by atomic mass is 10.2. The zero-order valence-electron chi connectivity index (χ0n) is 12.4. The lowest BCUT2D eigenvalue weighted by molar-refractivity contribution is -0.119. The fourth-order valence-corrected chi connectivity index (χ4v) is 2.51. The zero-order valence-corrected chi connectivity index (χ0v) is 14.0. The maximum Gasteiger partial charge on any atom is 0.230 e. The van der Waals surface area contributed by atoms with Gasteiger partial charge in [-0.1, -0.05) is 30.3 Å². The van der Waals surface area contributed by atoms with Crippen molar-refractivity contribution in [3.05, 3.63) is 29.3 Å². The van der Waals surface area contributed by atoms with Crippen molar-refractivity contribution in [1.82, 2.24) is 20.2 Å². The predicted octanol–water partition coefficient (Wildman–Crippen LogP) is 2.32. The van der Waals surface area contributed by atoms with Gasteiger partial charge in [-0.2, -0.15) is 0 Å². The van der Waals surface area contributed by atoms with Crippen LogP contribution in [0.15, 0.2) is 29.4 Å². The SMILES string of the molecule is CC[C@@H](C)NC(=O)CSc1nnc(-c2ccc(Cl)cc2)n1N. The molecule has 22 heavy (non-hydrogen) atoms. The van der Waals surface area contributed by atoms with Crippen molar-refractivity contribution in [3.8, 4) is 11.4 Å². The highest BCUT2D eigenvalue weighted by atomic mass is 35.5. The number of carbonyl (C=O) groups excluding carboxylic acids is 1. The maximum absolute atomic E-state index is 11.8. The molecule has 2 aromatic rings. The van der Waals surface area contributed by atoms with Crippen LogP contribution in [-0.4, -0.2) is 32.6 Å². The number of amides is 1. The number of rotatable bonds is 6. The molecule has 0 saturated heterocycles. The van der Waals surface area contributed by atoms with Gasteiger partial charge >= 0.3 is 0 Å². The second-order valence-corrected chi connectivity index (χ2v) is 6.23. The summed E-state index contributed by atoms with van der Waals surface area (Å²) in [6, 6.07) is 7.32. The van der Waals surface area contributed by atoms with E-state index in [9.17, 15) is 4.79 Å². The van der Waals surface area contributed by atoms with Gasteiger partial charge in [0.1, 0.15) is 0 Å². The molecule has 0 aliphatic rings. The van der Waals surface area contributed by atoms with Gasteiger partial charge in [0.25, 0.3) is 0 Å². The Morgan fingerprint density at radius 2 is 2.09 bits per heavy atom. The van der Waals surface area contributed by atoms with Crippen molar-refractivity contribution in [3.63, 3.8) is 0 Å². The summed E-state index contributed by atoms with van der Waals surface area (Å²) in [7, 11) is 0. The minimum atomic E-state index is -0.0459. The number of nitrogens with zero attached hydrogens (tertiary/aromatic N) is 3. The third kappa shape index (κ3) is 4.14. The van der Waals surface area contributed by atoms with E-state index in [4.69, 9.17) is 17.4 Å². The number of hydrogen-bond donors (Lipinski definition) is 2. The minimum absolute atomic E-state index is 0.0459. The topological polar surface area (TPSA) is 85.8 Å². The summed E-state index contributed by atoms with van der Waals surface area (Å²) in [5.74, 6) is 6.73. The number of nitrogen functional groups attached to an aromatic ring is 1. The van der Waals surface area contributed by atoms with Gasteiger partial charge < -0.3 is 11.2 Å². The van der Waals surface area contributed by atoms with Crippen LogP contribution < -0.4 is 11.2 Å². The first-order valence-corrected chi connectivity index (χ1v) is 8.26. The summed E-state index contributed by atoms with van der Waals surface area (Å²) in [4.78, 5) is 11.8. The zero-order chi connectivity index (χ0) is 16.1. The molecule has 8 heteroatoms. The van der Waals surface area contributed by atoms with Crippen LogP contribution in [0.25, 0.3) is 11.4 Å². The molecule has 0 fully saturated rings. The van der Waals surface area contributed by atoms with E-state index in [1.165, 1.54) is 16.4 Å². The molecule has 0 radical (unpaired) electrons. The number of carbonyl (C=O) groups is 1. The molecule has 0 spiro atoms. The van der Waals surface area contributed by atoms with Crippen molar-refractivity contribution in [2.75, 3.05) is 11.6 Å². The monoisotopic (exact) mass is 339 g/mol. The van der Waals surface area contributed by atoms with Crippen LogP contribution in [0.4, 0.5) is 0 Å². The van der Waals surface area contributed by atoms with Crippen molar-refractivity contribution in [1.29, 1.82) is 0 Å². The first kappa shape index (κ1) is 16.6. The van der Waals surface area contributed by atoms with Gasteiger partial charge in [-0.3, -0.25) is 4.79 Å². The van der Waals surface area contributed by atoms with E-state index in [-0.39, 0.29) is 17.7 Å². The molecule has 0 aliphatic carbocycles. The average Bonchev–Trinajstić information content (AvgIpc) is 2.87. The first-order chi connectivity index (χ1) is 10.5. The Labute approximate surface area is 138 Å². The van der Waals surface area contributed by atoms with Crippen LogP contribution in [0.2, 0.25) is 5.02 Å². The molecular weight excluding hydrogens is 322 g/mol.